The topological polar surface area (TPSA) is 129 Å². The third-order valence-corrected chi connectivity index (χ3v) is 6.63. The number of rotatable bonds is 6. The predicted molar refractivity (Wildman–Crippen MR) is 128 cm³/mol. The Balaban J connectivity index is 0.000000218. The molecule has 0 radical (unpaired) electrons. The molecular weight excluding hydrogens is 442 g/mol. The largest absolute Gasteiger partial charge is 0.381 e. The second kappa shape index (κ2) is 10.9. The number of sulfone groups is 1. The molecule has 1 aliphatic rings. The Kier molecular flexibility index (Phi) is 8.17. The van der Waals surface area contributed by atoms with Gasteiger partial charge in [-0.1, -0.05) is 12.1 Å². The van der Waals surface area contributed by atoms with E-state index in [4.69, 9.17) is 10.5 Å². The summed E-state index contributed by atoms with van der Waals surface area (Å²) in [5.41, 5.74) is 8.60. The van der Waals surface area contributed by atoms with Crippen LogP contribution < -0.4 is 11.1 Å². The highest BCUT2D eigenvalue weighted by Gasteiger charge is 2.20. The van der Waals surface area contributed by atoms with Gasteiger partial charge in [0.25, 0.3) is 0 Å². The van der Waals surface area contributed by atoms with E-state index in [0.29, 0.717) is 23.0 Å². The number of nitrogens with two attached hydrogens (primary N) is 1. The molecule has 3 N–H and O–H groups in total. The Labute approximate surface area is 194 Å². The normalized spacial score (nSPS) is 14.5. The van der Waals surface area contributed by atoms with Crippen LogP contribution in [0.15, 0.2) is 41.6 Å². The van der Waals surface area contributed by atoms with Crippen molar-refractivity contribution in [2.75, 3.05) is 24.8 Å². The third kappa shape index (κ3) is 6.16. The first-order valence-corrected chi connectivity index (χ1v) is 12.8. The number of nitrogens with zero attached hydrogens (tertiary/aromatic N) is 3. The molecule has 1 saturated heterocycles. The van der Waals surface area contributed by atoms with Crippen LogP contribution in [0.1, 0.15) is 42.6 Å². The van der Waals surface area contributed by atoms with Crippen molar-refractivity contribution in [1.82, 2.24) is 14.8 Å². The van der Waals surface area contributed by atoms with Gasteiger partial charge < -0.3 is 15.8 Å². The van der Waals surface area contributed by atoms with Gasteiger partial charge in [-0.3, -0.25) is 4.79 Å². The molecule has 0 saturated carbocycles. The highest BCUT2D eigenvalue weighted by atomic mass is 32.2. The van der Waals surface area contributed by atoms with Crippen LogP contribution >= 0.6 is 0 Å². The monoisotopic (exact) mass is 473 g/mol. The number of benzene rings is 1. The zero-order valence-electron chi connectivity index (χ0n) is 19.2. The molecule has 0 amide bonds. The number of carbonyl (C=O) groups excluding carboxylic acids is 1. The van der Waals surface area contributed by atoms with Crippen molar-refractivity contribution < 1.29 is 17.9 Å². The van der Waals surface area contributed by atoms with Gasteiger partial charge in [-0.2, -0.15) is 5.10 Å². The molecule has 1 aliphatic heterocycles. The summed E-state index contributed by atoms with van der Waals surface area (Å²) in [6.07, 6.45) is 6.52. The van der Waals surface area contributed by atoms with E-state index >= 15 is 0 Å². The summed E-state index contributed by atoms with van der Waals surface area (Å²) in [5, 5.41) is 8.78. The van der Waals surface area contributed by atoms with Crippen molar-refractivity contribution in [3.63, 3.8) is 0 Å². The lowest BCUT2D eigenvalue weighted by molar-refractivity contribution is 0.0904. The first kappa shape index (κ1) is 24.8. The molecule has 0 unspecified atom stereocenters. The minimum atomic E-state index is -3.07. The molecule has 9 nitrogen and oxygen atoms in total. The van der Waals surface area contributed by atoms with Gasteiger partial charge >= 0.3 is 0 Å². The second-order valence-corrected chi connectivity index (χ2v) is 9.97. The van der Waals surface area contributed by atoms with E-state index in [1.54, 1.807) is 43.6 Å². The average Bonchev–Trinajstić information content (AvgIpc) is 3.23. The second-order valence-electron chi connectivity index (χ2n) is 7.95. The van der Waals surface area contributed by atoms with Crippen LogP contribution in [0.3, 0.4) is 0 Å². The number of aromatic nitrogens is 3. The molecule has 4 rings (SSSR count). The standard InChI is InChI=1S/C15H20N4O2.C8H11NO2S/c1-3-19-15-13(9-17-19)14(12(8-16-15)10(2)20)18-11-4-6-21-7-5-11;1-12(10,11)8-4-2-7(6-9)3-5-8/h8-9,11H,3-7H2,1-2H3,(H,16,18);2-5H,6,9H2,1H3. The van der Waals surface area contributed by atoms with E-state index in [2.05, 4.69) is 15.4 Å². The molecule has 3 aromatic rings. The Morgan fingerprint density at radius 2 is 1.88 bits per heavy atom. The number of nitrogens with one attached hydrogen (secondary N) is 1. The van der Waals surface area contributed by atoms with E-state index in [1.807, 2.05) is 11.6 Å². The number of ketones is 1. The lowest BCUT2D eigenvalue weighted by Crippen LogP contribution is -2.28. The number of pyridine rings is 1. The van der Waals surface area contributed by atoms with Gasteiger partial charge in [0.15, 0.2) is 21.3 Å². The average molecular weight is 474 g/mol. The highest BCUT2D eigenvalue weighted by molar-refractivity contribution is 7.90. The SMILES string of the molecule is CCn1ncc2c(NC3CCOCC3)c(C(C)=O)cnc21.CS(=O)(=O)c1ccc(CN)cc1. The molecule has 0 bridgehead atoms. The summed E-state index contributed by atoms with van der Waals surface area (Å²) in [6.45, 7) is 6.31. The van der Waals surface area contributed by atoms with E-state index < -0.39 is 9.84 Å². The van der Waals surface area contributed by atoms with Crippen molar-refractivity contribution in [1.29, 1.82) is 0 Å². The highest BCUT2D eigenvalue weighted by Crippen LogP contribution is 2.28. The fourth-order valence-corrected chi connectivity index (χ4v) is 4.23. The zero-order valence-corrected chi connectivity index (χ0v) is 20.1. The Morgan fingerprint density at radius 3 is 2.42 bits per heavy atom. The number of hydrogen-bond acceptors (Lipinski definition) is 8. The summed E-state index contributed by atoms with van der Waals surface area (Å²) < 4.78 is 29.2. The van der Waals surface area contributed by atoms with Gasteiger partial charge in [-0.15, -0.1) is 0 Å². The van der Waals surface area contributed by atoms with Gasteiger partial charge in [0.05, 0.1) is 27.7 Å². The minimum absolute atomic E-state index is 0.0169. The van der Waals surface area contributed by atoms with E-state index in [-0.39, 0.29) is 5.78 Å². The summed E-state index contributed by atoms with van der Waals surface area (Å²) in [7, 11) is -3.07. The Hall–Kier alpha value is -2.82. The zero-order chi connectivity index (χ0) is 24.0. The van der Waals surface area contributed by atoms with Crippen molar-refractivity contribution >= 4 is 32.3 Å². The maximum absolute atomic E-state index is 11.9. The fraction of sp³-hybridized carbons (Fsp3) is 0.435. The maximum Gasteiger partial charge on any atom is 0.175 e. The van der Waals surface area contributed by atoms with Crippen LogP contribution in [0.5, 0.6) is 0 Å². The lowest BCUT2D eigenvalue weighted by atomic mass is 10.1. The molecule has 33 heavy (non-hydrogen) atoms. The van der Waals surface area contributed by atoms with Gasteiger partial charge in [-0.05, 0) is 44.4 Å². The number of fused-ring (bicyclic) bond motifs is 1. The number of carbonyl (C=O) groups is 1. The van der Waals surface area contributed by atoms with Gasteiger partial charge in [0.1, 0.15) is 0 Å². The number of ether oxygens (including phenoxy) is 1. The molecule has 178 valence electrons. The van der Waals surface area contributed by atoms with Crippen LogP contribution in [0.2, 0.25) is 0 Å². The van der Waals surface area contributed by atoms with E-state index in [0.717, 1.165) is 54.9 Å². The molecule has 0 aliphatic carbocycles. The molecule has 2 aromatic heterocycles. The first-order chi connectivity index (χ1) is 15.7. The van der Waals surface area contributed by atoms with Gasteiger partial charge in [-0.25, -0.2) is 18.1 Å². The summed E-state index contributed by atoms with van der Waals surface area (Å²) >= 11 is 0. The number of hydrogen-bond donors (Lipinski definition) is 2. The summed E-state index contributed by atoms with van der Waals surface area (Å²) in [4.78, 5) is 16.6. The van der Waals surface area contributed by atoms with Crippen LogP contribution in [-0.2, 0) is 27.7 Å². The van der Waals surface area contributed by atoms with Crippen LogP contribution in [0.25, 0.3) is 11.0 Å². The van der Waals surface area contributed by atoms with Crippen LogP contribution in [0.4, 0.5) is 5.69 Å². The molecule has 1 aromatic carbocycles. The van der Waals surface area contributed by atoms with Crippen molar-refractivity contribution in [3.8, 4) is 0 Å². The van der Waals surface area contributed by atoms with Crippen LogP contribution in [-0.4, -0.2) is 54.5 Å². The molecule has 0 spiro atoms. The molecule has 0 atom stereocenters. The van der Waals surface area contributed by atoms with Gasteiger partial charge in [0, 0.05) is 44.8 Å². The quantitative estimate of drug-likeness (QED) is 0.523. The maximum atomic E-state index is 11.9. The molecule has 10 heteroatoms. The lowest BCUT2D eigenvalue weighted by Gasteiger charge is -2.25. The summed E-state index contributed by atoms with van der Waals surface area (Å²) in [6, 6.07) is 6.90. The van der Waals surface area contributed by atoms with Crippen molar-refractivity contribution in [2.45, 2.75) is 50.7 Å². The Morgan fingerprint density at radius 1 is 1.21 bits per heavy atom. The molecule has 1 fully saturated rings. The van der Waals surface area contributed by atoms with Crippen molar-refractivity contribution in [2.24, 2.45) is 5.73 Å². The van der Waals surface area contributed by atoms with Gasteiger partial charge in [0.2, 0.25) is 0 Å². The smallest absolute Gasteiger partial charge is 0.175 e. The predicted octanol–water partition coefficient (Wildman–Crippen LogP) is 2.79. The third-order valence-electron chi connectivity index (χ3n) is 5.50. The molecular formula is C23H31N5O4S. The first-order valence-electron chi connectivity index (χ1n) is 10.9. The fourth-order valence-electron chi connectivity index (χ4n) is 3.60. The summed E-state index contributed by atoms with van der Waals surface area (Å²) in [5.74, 6) is 0.0169. The van der Waals surface area contributed by atoms with Crippen molar-refractivity contribution in [3.05, 3.63) is 47.8 Å². The Bertz CT molecular complexity index is 1200. The van der Waals surface area contributed by atoms with E-state index in [9.17, 15) is 13.2 Å². The number of anilines is 1. The number of aryl methyl sites for hydroxylation is 1. The van der Waals surface area contributed by atoms with E-state index in [1.165, 1.54) is 6.26 Å². The molecule has 3 heterocycles. The number of Topliss-reactive ketones (excluding diaryl/α,β-unsaturated/α-hetero) is 1. The van der Waals surface area contributed by atoms with Crippen LogP contribution in [0, 0.1) is 0 Å². The minimum Gasteiger partial charge on any atom is -0.381 e.